The highest BCUT2D eigenvalue weighted by atomic mass is 79.9. The Morgan fingerprint density at radius 1 is 1.46 bits per heavy atom. The van der Waals surface area contributed by atoms with Crippen molar-refractivity contribution < 1.29 is 9.13 Å². The van der Waals surface area contributed by atoms with Gasteiger partial charge in [-0.1, -0.05) is 27.5 Å². The molecule has 0 spiro atoms. The fraction of sp³-hybridized carbons (Fsp3) is 0.333. The van der Waals surface area contributed by atoms with Crippen LogP contribution in [0.25, 0.3) is 0 Å². The summed E-state index contributed by atoms with van der Waals surface area (Å²) in [6, 6.07) is 4.55. The van der Waals surface area contributed by atoms with Crippen molar-refractivity contribution in [3.05, 3.63) is 34.6 Å². The molecule has 0 N–H and O–H groups in total. The SMILES string of the molecule is Fc1ccc(Cl)cc1C1(Br)COC1. The zero-order valence-electron chi connectivity index (χ0n) is 6.69. The van der Waals surface area contributed by atoms with Gasteiger partial charge in [0.25, 0.3) is 0 Å². The summed E-state index contributed by atoms with van der Waals surface area (Å²) >= 11 is 9.21. The lowest BCUT2D eigenvalue weighted by Crippen LogP contribution is -2.41. The molecule has 0 bridgehead atoms. The second-order valence-corrected chi connectivity index (χ2v) is 5.04. The molecule has 0 saturated carbocycles. The predicted molar refractivity (Wildman–Crippen MR) is 52.8 cm³/mol. The highest BCUT2D eigenvalue weighted by molar-refractivity contribution is 9.09. The van der Waals surface area contributed by atoms with Crippen LogP contribution in [-0.4, -0.2) is 13.2 Å². The standard InChI is InChI=1S/C9H7BrClFO/c10-9(4-13-5-9)7-3-6(11)1-2-8(7)12/h1-3H,4-5H2. The van der Waals surface area contributed by atoms with Gasteiger partial charge >= 0.3 is 0 Å². The van der Waals surface area contributed by atoms with Crippen molar-refractivity contribution in [1.29, 1.82) is 0 Å². The summed E-state index contributed by atoms with van der Waals surface area (Å²) < 4.78 is 18.0. The third kappa shape index (κ3) is 1.60. The molecule has 0 radical (unpaired) electrons. The van der Waals surface area contributed by atoms with E-state index in [0.717, 1.165) is 0 Å². The van der Waals surface area contributed by atoms with Gasteiger partial charge in [0, 0.05) is 10.6 Å². The molecule has 0 unspecified atom stereocenters. The smallest absolute Gasteiger partial charge is 0.128 e. The van der Waals surface area contributed by atoms with Gasteiger partial charge in [0.1, 0.15) is 5.82 Å². The number of alkyl halides is 1. The van der Waals surface area contributed by atoms with Gasteiger partial charge in [0.2, 0.25) is 0 Å². The maximum atomic E-state index is 13.3. The summed E-state index contributed by atoms with van der Waals surface area (Å²) in [7, 11) is 0. The Hall–Kier alpha value is -0.120. The fourth-order valence-corrected chi connectivity index (χ4v) is 2.08. The summed E-state index contributed by atoms with van der Waals surface area (Å²) in [5, 5.41) is 0.544. The monoisotopic (exact) mass is 264 g/mol. The number of ether oxygens (including phenoxy) is 1. The summed E-state index contributed by atoms with van der Waals surface area (Å²) in [4.78, 5) is 0. The number of rotatable bonds is 1. The number of hydrogen-bond acceptors (Lipinski definition) is 1. The molecule has 1 heterocycles. The van der Waals surface area contributed by atoms with E-state index in [2.05, 4.69) is 15.9 Å². The minimum Gasteiger partial charge on any atom is -0.378 e. The Bertz CT molecular complexity index is 338. The molecule has 0 amide bonds. The van der Waals surface area contributed by atoms with E-state index in [-0.39, 0.29) is 10.1 Å². The Morgan fingerprint density at radius 3 is 2.69 bits per heavy atom. The fourth-order valence-electron chi connectivity index (χ4n) is 1.28. The zero-order chi connectivity index (χ0) is 9.47. The molecule has 1 aromatic rings. The molecule has 1 aromatic carbocycles. The van der Waals surface area contributed by atoms with Gasteiger partial charge in [-0.3, -0.25) is 0 Å². The van der Waals surface area contributed by atoms with Crippen LogP contribution in [0.2, 0.25) is 5.02 Å². The van der Waals surface area contributed by atoms with Gasteiger partial charge in [-0.05, 0) is 18.2 Å². The van der Waals surface area contributed by atoms with Crippen LogP contribution in [0.5, 0.6) is 0 Å². The van der Waals surface area contributed by atoms with Crippen molar-refractivity contribution in [1.82, 2.24) is 0 Å². The van der Waals surface area contributed by atoms with Gasteiger partial charge < -0.3 is 4.74 Å². The van der Waals surface area contributed by atoms with Gasteiger partial charge in [-0.15, -0.1) is 0 Å². The van der Waals surface area contributed by atoms with Crippen LogP contribution in [0.3, 0.4) is 0 Å². The number of hydrogen-bond donors (Lipinski definition) is 0. The normalized spacial score (nSPS) is 19.6. The van der Waals surface area contributed by atoms with Gasteiger partial charge in [0.15, 0.2) is 0 Å². The van der Waals surface area contributed by atoms with Crippen LogP contribution in [0.4, 0.5) is 4.39 Å². The molecule has 1 fully saturated rings. The van der Waals surface area contributed by atoms with E-state index in [1.807, 2.05) is 0 Å². The molecule has 0 aromatic heterocycles. The Kier molecular flexibility index (Phi) is 2.34. The molecule has 2 rings (SSSR count). The molecule has 4 heteroatoms. The summed E-state index contributed by atoms with van der Waals surface area (Å²) in [6.45, 7) is 0.981. The lowest BCUT2D eigenvalue weighted by atomic mass is 9.97. The van der Waals surface area contributed by atoms with Crippen LogP contribution < -0.4 is 0 Å². The average molecular weight is 266 g/mol. The summed E-state index contributed by atoms with van der Waals surface area (Å²) in [5.74, 6) is -0.246. The second kappa shape index (κ2) is 3.23. The van der Waals surface area contributed by atoms with Gasteiger partial charge in [-0.2, -0.15) is 0 Å². The van der Waals surface area contributed by atoms with Crippen molar-refractivity contribution in [3.8, 4) is 0 Å². The lowest BCUT2D eigenvalue weighted by Gasteiger charge is -2.36. The highest BCUT2D eigenvalue weighted by Gasteiger charge is 2.39. The maximum Gasteiger partial charge on any atom is 0.128 e. The van der Waals surface area contributed by atoms with Crippen LogP contribution in [0.15, 0.2) is 18.2 Å². The molecule has 1 saturated heterocycles. The molecule has 0 atom stereocenters. The van der Waals surface area contributed by atoms with E-state index < -0.39 is 0 Å². The molecule has 1 aliphatic rings. The van der Waals surface area contributed by atoms with Crippen molar-refractivity contribution in [2.75, 3.05) is 13.2 Å². The van der Waals surface area contributed by atoms with Crippen molar-refractivity contribution in [2.45, 2.75) is 4.32 Å². The Labute approximate surface area is 89.0 Å². The number of benzene rings is 1. The summed E-state index contributed by atoms with van der Waals surface area (Å²) in [5.41, 5.74) is 0.575. The van der Waals surface area contributed by atoms with Crippen LogP contribution >= 0.6 is 27.5 Å². The van der Waals surface area contributed by atoms with Crippen LogP contribution in [-0.2, 0) is 9.06 Å². The molecule has 0 aliphatic carbocycles. The topological polar surface area (TPSA) is 9.23 Å². The van der Waals surface area contributed by atoms with E-state index >= 15 is 0 Å². The minimum absolute atomic E-state index is 0.246. The first-order valence-corrected chi connectivity index (χ1v) is 5.01. The van der Waals surface area contributed by atoms with E-state index in [0.29, 0.717) is 23.8 Å². The van der Waals surface area contributed by atoms with Crippen LogP contribution in [0.1, 0.15) is 5.56 Å². The van der Waals surface area contributed by atoms with E-state index in [1.54, 1.807) is 6.07 Å². The quantitative estimate of drug-likeness (QED) is 0.709. The van der Waals surface area contributed by atoms with Crippen molar-refractivity contribution in [2.24, 2.45) is 0 Å². The minimum atomic E-state index is -0.373. The molecule has 13 heavy (non-hydrogen) atoms. The largest absolute Gasteiger partial charge is 0.378 e. The van der Waals surface area contributed by atoms with Crippen LogP contribution in [0, 0.1) is 5.82 Å². The predicted octanol–water partition coefficient (Wildman–Crippen LogP) is 3.10. The third-order valence-electron chi connectivity index (χ3n) is 2.07. The average Bonchev–Trinajstić information content (AvgIpc) is 2.05. The first kappa shape index (κ1) is 9.44. The van der Waals surface area contributed by atoms with E-state index in [4.69, 9.17) is 16.3 Å². The Balaban J connectivity index is 2.43. The first-order valence-electron chi connectivity index (χ1n) is 3.84. The zero-order valence-corrected chi connectivity index (χ0v) is 9.03. The van der Waals surface area contributed by atoms with Crippen molar-refractivity contribution >= 4 is 27.5 Å². The van der Waals surface area contributed by atoms with E-state index in [9.17, 15) is 4.39 Å². The summed E-state index contributed by atoms with van der Waals surface area (Å²) in [6.07, 6.45) is 0. The maximum absolute atomic E-state index is 13.3. The molecular formula is C9H7BrClFO. The van der Waals surface area contributed by atoms with Crippen molar-refractivity contribution in [3.63, 3.8) is 0 Å². The highest BCUT2D eigenvalue weighted by Crippen LogP contribution is 2.40. The third-order valence-corrected chi connectivity index (χ3v) is 3.19. The van der Waals surface area contributed by atoms with Gasteiger partial charge in [0.05, 0.1) is 17.5 Å². The lowest BCUT2D eigenvalue weighted by molar-refractivity contribution is -0.00843. The van der Waals surface area contributed by atoms with Gasteiger partial charge in [-0.25, -0.2) is 4.39 Å². The Morgan fingerprint density at radius 2 is 2.15 bits per heavy atom. The molecule has 1 nitrogen and oxygen atoms in total. The first-order chi connectivity index (χ1) is 6.12. The number of halogens is 3. The second-order valence-electron chi connectivity index (χ2n) is 3.08. The molecular weight excluding hydrogens is 258 g/mol. The molecule has 70 valence electrons. The molecule has 1 aliphatic heterocycles. The van der Waals surface area contributed by atoms with E-state index in [1.165, 1.54) is 12.1 Å².